The van der Waals surface area contributed by atoms with Crippen LogP contribution in [0.4, 0.5) is 5.69 Å². The van der Waals surface area contributed by atoms with Crippen molar-refractivity contribution in [2.45, 2.75) is 39.8 Å². The molecule has 0 radical (unpaired) electrons. The summed E-state index contributed by atoms with van der Waals surface area (Å²) in [5, 5.41) is 5.76. The zero-order valence-corrected chi connectivity index (χ0v) is 14.1. The van der Waals surface area contributed by atoms with Crippen LogP contribution in [-0.4, -0.2) is 13.1 Å². The highest BCUT2D eigenvalue weighted by atomic mass is 32.1. The molecule has 0 amide bonds. The molecule has 0 spiro atoms. The smallest absolute Gasteiger partial charge is 0.0522 e. The number of benzene rings is 1. The number of para-hydroxylation sites is 1. The molecule has 0 bridgehead atoms. The summed E-state index contributed by atoms with van der Waals surface area (Å²) in [5.74, 6) is 0. The minimum atomic E-state index is 0.388. The highest BCUT2D eigenvalue weighted by Crippen LogP contribution is 2.28. The lowest BCUT2D eigenvalue weighted by Crippen LogP contribution is -2.26. The summed E-state index contributed by atoms with van der Waals surface area (Å²) >= 11 is 1.83. The van der Waals surface area contributed by atoms with Gasteiger partial charge in [0.05, 0.1) is 6.54 Å². The fourth-order valence-electron chi connectivity index (χ4n) is 2.57. The molecule has 1 N–H and O–H groups in total. The first kappa shape index (κ1) is 16.1. The Bertz CT molecular complexity index is 522. The van der Waals surface area contributed by atoms with Crippen LogP contribution in [0, 0.1) is 0 Å². The molecule has 114 valence electrons. The molecule has 1 aromatic heterocycles. The number of hydrogen-bond acceptors (Lipinski definition) is 3. The Morgan fingerprint density at radius 3 is 2.62 bits per heavy atom. The summed E-state index contributed by atoms with van der Waals surface area (Å²) in [6, 6.07) is 13.5. The fraction of sp³-hybridized carbons (Fsp3) is 0.444. The molecule has 0 saturated heterocycles. The van der Waals surface area contributed by atoms with Gasteiger partial charge < -0.3 is 10.2 Å². The summed E-state index contributed by atoms with van der Waals surface area (Å²) in [4.78, 5) is 3.88. The van der Waals surface area contributed by atoms with Crippen molar-refractivity contribution in [1.29, 1.82) is 0 Å². The molecule has 2 aromatic rings. The van der Waals surface area contributed by atoms with Crippen molar-refractivity contribution in [3.63, 3.8) is 0 Å². The van der Waals surface area contributed by atoms with Crippen LogP contribution in [0.1, 0.15) is 43.7 Å². The Balaban J connectivity index is 2.20. The number of thiophene rings is 1. The lowest BCUT2D eigenvalue weighted by molar-refractivity contribution is 0.569. The molecule has 2 rings (SSSR count). The molecule has 3 heteroatoms. The Morgan fingerprint density at radius 1 is 1.14 bits per heavy atom. The van der Waals surface area contributed by atoms with Crippen molar-refractivity contribution in [3.05, 3.63) is 52.2 Å². The molecule has 0 aliphatic rings. The molecule has 0 aliphatic carbocycles. The van der Waals surface area contributed by atoms with Crippen molar-refractivity contribution < 1.29 is 0 Å². The molecule has 0 aliphatic heterocycles. The Kier molecular flexibility index (Phi) is 6.27. The van der Waals surface area contributed by atoms with Crippen molar-refractivity contribution >= 4 is 17.0 Å². The average Bonchev–Trinajstić information content (AvgIpc) is 3.03. The minimum absolute atomic E-state index is 0.388. The standard InChI is InChI=1S/C18H26N2S/c1-4-12-19-15(3)17-10-6-7-11-18(17)20(5-2)14-16-9-8-13-21-16/h6-11,13,15,19H,4-5,12,14H2,1-3H3. The Labute approximate surface area is 132 Å². The first-order valence-corrected chi connectivity index (χ1v) is 8.73. The van der Waals surface area contributed by atoms with E-state index in [1.807, 2.05) is 11.3 Å². The van der Waals surface area contributed by atoms with E-state index in [-0.39, 0.29) is 0 Å². The predicted octanol–water partition coefficient (Wildman–Crippen LogP) is 4.84. The summed E-state index contributed by atoms with van der Waals surface area (Å²) in [7, 11) is 0. The maximum Gasteiger partial charge on any atom is 0.0522 e. The van der Waals surface area contributed by atoms with Crippen molar-refractivity contribution in [3.8, 4) is 0 Å². The van der Waals surface area contributed by atoms with E-state index in [0.717, 1.165) is 19.6 Å². The van der Waals surface area contributed by atoms with Gasteiger partial charge >= 0.3 is 0 Å². The molecule has 1 aromatic carbocycles. The Morgan fingerprint density at radius 2 is 1.95 bits per heavy atom. The second-order valence-corrected chi connectivity index (χ2v) is 6.36. The van der Waals surface area contributed by atoms with E-state index in [4.69, 9.17) is 0 Å². The fourth-order valence-corrected chi connectivity index (χ4v) is 3.29. The molecular formula is C18H26N2S. The van der Waals surface area contributed by atoms with Gasteiger partial charge in [0.15, 0.2) is 0 Å². The van der Waals surface area contributed by atoms with Crippen LogP contribution in [0.5, 0.6) is 0 Å². The topological polar surface area (TPSA) is 15.3 Å². The third kappa shape index (κ3) is 4.32. The van der Waals surface area contributed by atoms with Gasteiger partial charge in [-0.05, 0) is 49.9 Å². The van der Waals surface area contributed by atoms with Crippen molar-refractivity contribution in [1.82, 2.24) is 5.32 Å². The van der Waals surface area contributed by atoms with E-state index >= 15 is 0 Å². The second-order valence-electron chi connectivity index (χ2n) is 5.33. The minimum Gasteiger partial charge on any atom is -0.366 e. The first-order chi connectivity index (χ1) is 10.3. The lowest BCUT2D eigenvalue weighted by atomic mass is 10.0. The van der Waals surface area contributed by atoms with Gasteiger partial charge in [-0.2, -0.15) is 0 Å². The lowest BCUT2D eigenvalue weighted by Gasteiger charge is -2.28. The van der Waals surface area contributed by atoms with Gasteiger partial charge in [0.1, 0.15) is 0 Å². The number of anilines is 1. The maximum absolute atomic E-state index is 3.60. The van der Waals surface area contributed by atoms with Crippen LogP contribution in [0.25, 0.3) is 0 Å². The van der Waals surface area contributed by atoms with E-state index in [0.29, 0.717) is 6.04 Å². The van der Waals surface area contributed by atoms with Crippen LogP contribution in [0.15, 0.2) is 41.8 Å². The average molecular weight is 302 g/mol. The number of nitrogens with one attached hydrogen (secondary N) is 1. The molecule has 1 heterocycles. The van der Waals surface area contributed by atoms with Gasteiger partial charge in [-0.15, -0.1) is 11.3 Å². The molecule has 1 unspecified atom stereocenters. The van der Waals surface area contributed by atoms with Crippen LogP contribution < -0.4 is 10.2 Å². The molecule has 2 nitrogen and oxygen atoms in total. The van der Waals surface area contributed by atoms with Gasteiger partial charge in [-0.3, -0.25) is 0 Å². The zero-order chi connectivity index (χ0) is 15.1. The van der Waals surface area contributed by atoms with E-state index in [9.17, 15) is 0 Å². The van der Waals surface area contributed by atoms with E-state index < -0.39 is 0 Å². The third-order valence-electron chi connectivity index (χ3n) is 3.75. The second kappa shape index (κ2) is 8.20. The summed E-state index contributed by atoms with van der Waals surface area (Å²) in [6.07, 6.45) is 1.17. The maximum atomic E-state index is 3.60. The molecule has 1 atom stereocenters. The Hall–Kier alpha value is -1.32. The quantitative estimate of drug-likeness (QED) is 0.751. The SMILES string of the molecule is CCCNC(C)c1ccccc1N(CC)Cc1cccs1. The van der Waals surface area contributed by atoms with E-state index in [1.165, 1.54) is 22.5 Å². The number of hydrogen-bond donors (Lipinski definition) is 1. The zero-order valence-electron chi connectivity index (χ0n) is 13.3. The summed E-state index contributed by atoms with van der Waals surface area (Å²) in [5.41, 5.74) is 2.74. The van der Waals surface area contributed by atoms with Crippen LogP contribution in [-0.2, 0) is 6.54 Å². The predicted molar refractivity (Wildman–Crippen MR) is 94.2 cm³/mol. The molecule has 0 saturated carbocycles. The van der Waals surface area contributed by atoms with Gasteiger partial charge in [0, 0.05) is 23.2 Å². The van der Waals surface area contributed by atoms with Gasteiger partial charge in [-0.1, -0.05) is 31.2 Å². The summed E-state index contributed by atoms with van der Waals surface area (Å²) < 4.78 is 0. The van der Waals surface area contributed by atoms with E-state index in [2.05, 4.69) is 72.8 Å². The first-order valence-electron chi connectivity index (χ1n) is 7.85. The van der Waals surface area contributed by atoms with Gasteiger partial charge in [0.2, 0.25) is 0 Å². The van der Waals surface area contributed by atoms with Crippen molar-refractivity contribution in [2.75, 3.05) is 18.0 Å². The normalized spacial score (nSPS) is 12.3. The number of rotatable bonds is 8. The van der Waals surface area contributed by atoms with Crippen LogP contribution in [0.2, 0.25) is 0 Å². The summed E-state index contributed by atoms with van der Waals surface area (Å²) in [6.45, 7) is 9.77. The van der Waals surface area contributed by atoms with Crippen molar-refractivity contribution in [2.24, 2.45) is 0 Å². The van der Waals surface area contributed by atoms with Gasteiger partial charge in [-0.25, -0.2) is 0 Å². The molecular weight excluding hydrogens is 276 g/mol. The van der Waals surface area contributed by atoms with Gasteiger partial charge in [0.25, 0.3) is 0 Å². The molecule has 0 fully saturated rings. The highest BCUT2D eigenvalue weighted by Gasteiger charge is 2.14. The molecule has 21 heavy (non-hydrogen) atoms. The van der Waals surface area contributed by atoms with Crippen LogP contribution >= 0.6 is 11.3 Å². The largest absolute Gasteiger partial charge is 0.366 e. The number of nitrogens with zero attached hydrogens (tertiary/aromatic N) is 1. The van der Waals surface area contributed by atoms with E-state index in [1.54, 1.807) is 0 Å². The monoisotopic (exact) mass is 302 g/mol. The van der Waals surface area contributed by atoms with Crippen LogP contribution in [0.3, 0.4) is 0 Å². The third-order valence-corrected chi connectivity index (χ3v) is 4.61. The highest BCUT2D eigenvalue weighted by molar-refractivity contribution is 7.09.